The van der Waals surface area contributed by atoms with Crippen LogP contribution < -0.4 is 10.9 Å². The molecule has 0 aliphatic heterocycles. The van der Waals surface area contributed by atoms with Crippen LogP contribution in [0, 0.1) is 5.82 Å². The Morgan fingerprint density at radius 3 is 2.67 bits per heavy atom. The highest BCUT2D eigenvalue weighted by Gasteiger charge is 2.22. The molecule has 0 aliphatic carbocycles. The van der Waals surface area contributed by atoms with Gasteiger partial charge in [0.25, 0.3) is 5.56 Å². The zero-order valence-corrected chi connectivity index (χ0v) is 18.8. The number of fused-ring (bicyclic) bond motifs is 2. The number of anilines is 1. The van der Waals surface area contributed by atoms with Crippen LogP contribution in [-0.2, 0) is 0 Å². The average Bonchev–Trinajstić information content (AvgIpc) is 3.30. The second-order valence-electron chi connectivity index (χ2n) is 7.44. The Balaban J connectivity index is 1.75. The summed E-state index contributed by atoms with van der Waals surface area (Å²) in [6.45, 7) is 1.99. The second-order valence-corrected chi connectivity index (χ2v) is 8.25. The van der Waals surface area contributed by atoms with E-state index >= 15 is 0 Å². The summed E-state index contributed by atoms with van der Waals surface area (Å²) in [5.41, 5.74) is 1.99. The monoisotopic (exact) mass is 482 g/mol. The van der Waals surface area contributed by atoms with E-state index in [-0.39, 0.29) is 16.5 Å². The molecule has 0 spiro atoms. The number of nitrogens with zero attached hydrogens (tertiary/aromatic N) is 4. The number of hydrogen-bond donors (Lipinski definition) is 2. The van der Waals surface area contributed by atoms with Gasteiger partial charge in [0.2, 0.25) is 0 Å². The molecule has 0 fully saturated rings. The van der Waals surface area contributed by atoms with Gasteiger partial charge >= 0.3 is 0 Å². The van der Waals surface area contributed by atoms with Crippen LogP contribution in [0.4, 0.5) is 10.2 Å². The minimum atomic E-state index is -0.649. The zero-order valence-electron chi connectivity index (χ0n) is 17.3. The van der Waals surface area contributed by atoms with E-state index in [2.05, 4.69) is 25.3 Å². The molecule has 3 aromatic heterocycles. The van der Waals surface area contributed by atoms with E-state index in [1.807, 2.05) is 13.0 Å². The summed E-state index contributed by atoms with van der Waals surface area (Å²) >= 11 is 12.3. The molecule has 0 aliphatic rings. The molecule has 0 bridgehead atoms. The predicted octanol–water partition coefficient (Wildman–Crippen LogP) is 5.67. The summed E-state index contributed by atoms with van der Waals surface area (Å²) in [7, 11) is 0. The third-order valence-corrected chi connectivity index (χ3v) is 6.11. The van der Waals surface area contributed by atoms with Crippen molar-refractivity contribution < 1.29 is 4.39 Å². The van der Waals surface area contributed by atoms with Gasteiger partial charge in [-0.3, -0.25) is 9.36 Å². The fraction of sp³-hybridized carbons (Fsp3) is 0.130. The Bertz CT molecular complexity index is 1550. The Hall–Kier alpha value is -3.49. The highest BCUT2D eigenvalue weighted by Crippen LogP contribution is 2.31. The van der Waals surface area contributed by atoms with Crippen LogP contribution in [-0.4, -0.2) is 24.5 Å². The van der Waals surface area contributed by atoms with Gasteiger partial charge in [-0.1, -0.05) is 36.2 Å². The highest BCUT2D eigenvalue weighted by atomic mass is 35.5. The molecule has 2 aromatic carbocycles. The maximum atomic E-state index is 14.2. The van der Waals surface area contributed by atoms with Crippen LogP contribution in [0.25, 0.3) is 27.6 Å². The van der Waals surface area contributed by atoms with Gasteiger partial charge in [0.05, 0.1) is 22.8 Å². The molecule has 7 nitrogen and oxygen atoms in total. The van der Waals surface area contributed by atoms with Gasteiger partial charge < -0.3 is 10.3 Å². The van der Waals surface area contributed by atoms with Gasteiger partial charge in [-0.25, -0.2) is 19.3 Å². The lowest BCUT2D eigenvalue weighted by Gasteiger charge is -2.23. The summed E-state index contributed by atoms with van der Waals surface area (Å²) in [5.74, 6) is -0.121. The maximum Gasteiger partial charge on any atom is 0.264 e. The first-order chi connectivity index (χ1) is 16.0. The minimum absolute atomic E-state index is 0.113. The smallest absolute Gasteiger partial charge is 0.264 e. The topological polar surface area (TPSA) is 88.5 Å². The van der Waals surface area contributed by atoms with Crippen molar-refractivity contribution in [2.75, 3.05) is 5.32 Å². The predicted molar refractivity (Wildman–Crippen MR) is 128 cm³/mol. The van der Waals surface area contributed by atoms with E-state index in [0.29, 0.717) is 45.2 Å². The number of hydrogen-bond acceptors (Lipinski definition) is 5. The normalized spacial score (nSPS) is 12.4. The molecule has 33 heavy (non-hydrogen) atoms. The number of aromatic amines is 1. The van der Waals surface area contributed by atoms with Crippen LogP contribution in [0.3, 0.4) is 0 Å². The average molecular weight is 483 g/mol. The number of H-pyrrole nitrogens is 1. The molecule has 0 saturated carbocycles. The van der Waals surface area contributed by atoms with Crippen molar-refractivity contribution in [3.8, 4) is 5.69 Å². The number of rotatable bonds is 5. The first-order valence-electron chi connectivity index (χ1n) is 10.2. The fourth-order valence-corrected chi connectivity index (χ4v) is 4.27. The molecule has 5 aromatic rings. The van der Waals surface area contributed by atoms with Crippen LogP contribution in [0.1, 0.15) is 25.1 Å². The zero-order chi connectivity index (χ0) is 23.1. The van der Waals surface area contributed by atoms with Crippen molar-refractivity contribution in [2.24, 2.45) is 0 Å². The van der Waals surface area contributed by atoms with E-state index in [4.69, 9.17) is 23.2 Å². The molecule has 5 rings (SSSR count). The van der Waals surface area contributed by atoms with Gasteiger partial charge in [0.1, 0.15) is 17.7 Å². The summed E-state index contributed by atoms with van der Waals surface area (Å²) in [4.78, 5) is 29.4. The first-order valence-corrected chi connectivity index (χ1v) is 10.9. The van der Waals surface area contributed by atoms with E-state index in [0.717, 1.165) is 0 Å². The van der Waals surface area contributed by atoms with Gasteiger partial charge in [0.15, 0.2) is 11.5 Å². The Kier molecular flexibility index (Phi) is 5.47. The van der Waals surface area contributed by atoms with Crippen LogP contribution in [0.5, 0.6) is 0 Å². The van der Waals surface area contributed by atoms with Crippen molar-refractivity contribution in [1.82, 2.24) is 24.5 Å². The lowest BCUT2D eigenvalue weighted by atomic mass is 10.0. The molecule has 3 heterocycles. The maximum absolute atomic E-state index is 14.2. The molecular formula is C23H17Cl2FN6O. The molecule has 0 unspecified atom stereocenters. The van der Waals surface area contributed by atoms with Gasteiger partial charge in [-0.2, -0.15) is 0 Å². The molecular weight excluding hydrogens is 466 g/mol. The largest absolute Gasteiger partial charge is 0.360 e. The minimum Gasteiger partial charge on any atom is -0.360 e. The summed E-state index contributed by atoms with van der Waals surface area (Å²) in [5, 5.41) is 4.37. The summed E-state index contributed by atoms with van der Waals surface area (Å²) in [6.07, 6.45) is 3.59. The van der Waals surface area contributed by atoms with Gasteiger partial charge in [0, 0.05) is 16.4 Å². The van der Waals surface area contributed by atoms with Gasteiger partial charge in [-0.15, -0.1) is 0 Å². The van der Waals surface area contributed by atoms with Crippen molar-refractivity contribution >= 4 is 51.0 Å². The number of nitrogens with one attached hydrogen (secondary N) is 2. The van der Waals surface area contributed by atoms with E-state index < -0.39 is 11.4 Å². The van der Waals surface area contributed by atoms with Crippen molar-refractivity contribution in [1.29, 1.82) is 0 Å². The lowest BCUT2D eigenvalue weighted by molar-refractivity contribution is 0.629. The Morgan fingerprint density at radius 2 is 1.91 bits per heavy atom. The molecule has 0 saturated heterocycles. The molecule has 1 atom stereocenters. The number of imidazole rings is 1. The fourth-order valence-electron chi connectivity index (χ4n) is 3.89. The molecule has 166 valence electrons. The highest BCUT2D eigenvalue weighted by molar-refractivity contribution is 6.35. The van der Waals surface area contributed by atoms with Crippen molar-refractivity contribution in [2.45, 2.75) is 19.4 Å². The third-order valence-electron chi connectivity index (χ3n) is 5.48. The van der Waals surface area contributed by atoms with Crippen molar-refractivity contribution in [3.05, 3.63) is 87.0 Å². The van der Waals surface area contributed by atoms with Crippen LogP contribution in [0.2, 0.25) is 10.0 Å². The van der Waals surface area contributed by atoms with E-state index in [1.54, 1.807) is 36.7 Å². The quantitative estimate of drug-likeness (QED) is 0.337. The SMILES string of the molecule is CC[C@@H](Nc1ncnc2[nH]cnc12)c1cc2ccc(F)c(Cl)c2c(=O)n1-c1ccc(Cl)cc1. The lowest BCUT2D eigenvalue weighted by Crippen LogP contribution is -2.27. The number of benzene rings is 2. The van der Waals surface area contributed by atoms with E-state index in [9.17, 15) is 9.18 Å². The standard InChI is InChI=1S/C23H17Cl2FN6O/c1-2-16(31-22-20-21(28-10-27-20)29-11-30-22)17-9-12-3-8-15(26)19(25)18(12)23(33)32(17)14-6-4-13(24)5-7-14/h3-11,16H,2H2,1H3,(H2,27,28,29,30,31)/t16-/m1/s1. The molecule has 0 amide bonds. The summed E-state index contributed by atoms with van der Waals surface area (Å²) in [6, 6.07) is 11.2. The van der Waals surface area contributed by atoms with Crippen molar-refractivity contribution in [3.63, 3.8) is 0 Å². The number of aromatic nitrogens is 5. The summed E-state index contributed by atoms with van der Waals surface area (Å²) < 4.78 is 15.7. The Morgan fingerprint density at radius 1 is 1.12 bits per heavy atom. The number of pyridine rings is 1. The van der Waals surface area contributed by atoms with Crippen LogP contribution in [0.15, 0.2) is 59.9 Å². The van der Waals surface area contributed by atoms with Crippen LogP contribution >= 0.6 is 23.2 Å². The third kappa shape index (κ3) is 3.71. The van der Waals surface area contributed by atoms with Gasteiger partial charge in [-0.05, 0) is 48.2 Å². The Labute approximate surface area is 197 Å². The number of halogens is 3. The second kappa shape index (κ2) is 8.46. The first kappa shape index (κ1) is 21.4. The molecule has 10 heteroatoms. The molecule has 0 radical (unpaired) electrons. The van der Waals surface area contributed by atoms with E-state index in [1.165, 1.54) is 17.0 Å². The molecule has 2 N–H and O–H groups in total.